The summed E-state index contributed by atoms with van der Waals surface area (Å²) in [7, 11) is -1.65. The summed E-state index contributed by atoms with van der Waals surface area (Å²) in [4.78, 5) is 0.476. The maximum Gasteiger partial charge on any atom is 0.0404 e. The Balaban J connectivity index is 3.12. The van der Waals surface area contributed by atoms with Crippen molar-refractivity contribution in [3.8, 4) is 0 Å². The molecule has 1 N–H and O–H groups in total. The zero-order chi connectivity index (χ0) is 7.56. The van der Waals surface area contributed by atoms with Crippen LogP contribution in [-0.4, -0.2) is 0 Å². The molecule has 0 aliphatic rings. The Hall–Kier alpha value is -0.540. The van der Waals surface area contributed by atoms with Gasteiger partial charge in [-0.15, -0.1) is 0 Å². The smallest absolute Gasteiger partial charge is 0.0404 e. The first-order valence-electron chi connectivity index (χ1n) is 2.59. The molecule has 0 heterocycles. The van der Waals surface area contributed by atoms with Crippen LogP contribution >= 0.6 is 11.6 Å². The van der Waals surface area contributed by atoms with Gasteiger partial charge in [0, 0.05) is 5.02 Å². The average Bonchev–Trinajstić information content (AvgIpc) is 1.88. The number of rotatable bonds is 1. The molecule has 0 aromatic heterocycles. The minimum atomic E-state index is -1.65. The molecular formula is C6H5ClNOS-. The summed E-state index contributed by atoms with van der Waals surface area (Å²) in [6, 6.07) is 6.38. The van der Waals surface area contributed by atoms with Crippen molar-refractivity contribution < 1.29 is 4.21 Å². The fourth-order valence-electron chi connectivity index (χ4n) is 0.558. The second kappa shape index (κ2) is 3.03. The summed E-state index contributed by atoms with van der Waals surface area (Å²) in [5, 5.41) is 0.592. The molecule has 1 aromatic rings. The second-order valence-electron chi connectivity index (χ2n) is 1.72. The van der Waals surface area contributed by atoms with E-state index in [9.17, 15) is 4.21 Å². The summed E-state index contributed by atoms with van der Waals surface area (Å²) in [5.41, 5.74) is 0. The van der Waals surface area contributed by atoms with Crippen molar-refractivity contribution in [3.05, 3.63) is 29.3 Å². The summed E-state index contributed by atoms with van der Waals surface area (Å²) >= 11 is 5.56. The van der Waals surface area contributed by atoms with Crippen LogP contribution in [0.25, 0.3) is 0 Å². The second-order valence-corrected chi connectivity index (χ2v) is 3.17. The van der Waals surface area contributed by atoms with Gasteiger partial charge in [-0.25, -0.2) is 0 Å². The van der Waals surface area contributed by atoms with E-state index in [1.807, 2.05) is 0 Å². The van der Waals surface area contributed by atoms with Crippen LogP contribution in [0.4, 0.5) is 0 Å². The minimum absolute atomic E-state index is 0.476. The lowest BCUT2D eigenvalue weighted by atomic mass is 10.4. The topological polar surface area (TPSA) is 40.9 Å². The number of halogens is 1. The van der Waals surface area contributed by atoms with Gasteiger partial charge in [0.15, 0.2) is 0 Å². The van der Waals surface area contributed by atoms with E-state index in [2.05, 4.69) is 0 Å². The Morgan fingerprint density at radius 2 is 1.80 bits per heavy atom. The number of hydrogen-bond donors (Lipinski definition) is 1. The molecule has 2 nitrogen and oxygen atoms in total. The molecule has 0 bridgehead atoms. The summed E-state index contributed by atoms with van der Waals surface area (Å²) in [5.74, 6) is 0. The number of nitrogens with one attached hydrogen (secondary N) is 1. The standard InChI is InChI=1S/C6H5ClNOS/c7-5-1-3-6(4-2-5)10(8)9/h1-4,8H/q-1. The van der Waals surface area contributed by atoms with Gasteiger partial charge < -0.3 is 8.99 Å². The normalized spacial score (nSPS) is 10.2. The van der Waals surface area contributed by atoms with Crippen LogP contribution < -0.4 is 0 Å². The van der Waals surface area contributed by atoms with E-state index in [1.54, 1.807) is 24.3 Å². The van der Waals surface area contributed by atoms with Crippen LogP contribution in [0.3, 0.4) is 0 Å². The quantitative estimate of drug-likeness (QED) is 0.653. The molecular weight excluding hydrogens is 170 g/mol. The fourth-order valence-corrected chi connectivity index (χ4v) is 1.07. The highest BCUT2D eigenvalue weighted by molar-refractivity contribution is 7.73. The molecule has 0 fully saturated rings. The van der Waals surface area contributed by atoms with E-state index in [1.165, 1.54) is 0 Å². The van der Waals surface area contributed by atoms with Crippen LogP contribution in [0.1, 0.15) is 0 Å². The van der Waals surface area contributed by atoms with Crippen LogP contribution in [-0.2, 0) is 14.8 Å². The van der Waals surface area contributed by atoms with Gasteiger partial charge in [-0.2, -0.15) is 10.6 Å². The van der Waals surface area contributed by atoms with E-state index in [-0.39, 0.29) is 0 Å². The SMILES string of the molecule is N=[S-](=O)c1ccc(Cl)cc1. The highest BCUT2D eigenvalue weighted by Gasteiger charge is 1.82. The Labute approximate surface area is 65.8 Å². The summed E-state index contributed by atoms with van der Waals surface area (Å²) < 4.78 is 17.3. The molecule has 54 valence electrons. The van der Waals surface area contributed by atoms with Crippen LogP contribution in [0.15, 0.2) is 29.2 Å². The molecule has 0 radical (unpaired) electrons. The van der Waals surface area contributed by atoms with Crippen molar-refractivity contribution >= 4 is 22.2 Å². The van der Waals surface area contributed by atoms with Gasteiger partial charge in [0.1, 0.15) is 0 Å². The third kappa shape index (κ3) is 1.72. The molecule has 0 aliphatic heterocycles. The Morgan fingerprint density at radius 1 is 1.30 bits per heavy atom. The summed E-state index contributed by atoms with van der Waals surface area (Å²) in [6.07, 6.45) is 0. The first-order valence-corrected chi connectivity index (χ1v) is 4.11. The van der Waals surface area contributed by atoms with Gasteiger partial charge in [0.05, 0.1) is 0 Å². The first-order chi connectivity index (χ1) is 4.70. The maximum absolute atomic E-state index is 10.5. The number of hydrogen-bond acceptors (Lipinski definition) is 3. The van der Waals surface area contributed by atoms with Gasteiger partial charge in [-0.3, -0.25) is 0 Å². The lowest BCUT2D eigenvalue weighted by Gasteiger charge is -1.99. The molecule has 0 unspecified atom stereocenters. The largest absolute Gasteiger partial charge is 0.440 e. The van der Waals surface area contributed by atoms with Crippen molar-refractivity contribution in [1.29, 1.82) is 4.78 Å². The van der Waals surface area contributed by atoms with Crippen molar-refractivity contribution in [2.24, 2.45) is 0 Å². The van der Waals surface area contributed by atoms with Crippen LogP contribution in [0.5, 0.6) is 0 Å². The predicted octanol–water partition coefficient (Wildman–Crippen LogP) is 2.43. The lowest BCUT2D eigenvalue weighted by molar-refractivity contribution is 0.599. The van der Waals surface area contributed by atoms with Gasteiger partial charge in [-0.05, 0) is 12.1 Å². The molecule has 0 saturated heterocycles. The van der Waals surface area contributed by atoms with Crippen molar-refractivity contribution in [3.63, 3.8) is 0 Å². The first kappa shape index (κ1) is 7.57. The molecule has 4 heteroatoms. The minimum Gasteiger partial charge on any atom is -0.440 e. The van der Waals surface area contributed by atoms with E-state index < -0.39 is 10.6 Å². The van der Waals surface area contributed by atoms with Crippen molar-refractivity contribution in [2.45, 2.75) is 4.90 Å². The van der Waals surface area contributed by atoms with Crippen LogP contribution in [0.2, 0.25) is 5.02 Å². The van der Waals surface area contributed by atoms with Gasteiger partial charge >= 0.3 is 0 Å². The third-order valence-corrected chi connectivity index (χ3v) is 1.98. The fraction of sp³-hybridized carbons (Fsp3) is 0. The molecule has 0 amide bonds. The molecule has 1 rings (SSSR count). The summed E-state index contributed by atoms with van der Waals surface area (Å²) in [6.45, 7) is 0. The third-order valence-electron chi connectivity index (χ3n) is 1.03. The molecule has 0 atom stereocenters. The maximum atomic E-state index is 10.5. The van der Waals surface area contributed by atoms with E-state index in [0.717, 1.165) is 0 Å². The predicted molar refractivity (Wildman–Crippen MR) is 40.5 cm³/mol. The monoisotopic (exact) mass is 174 g/mol. The molecule has 1 aromatic carbocycles. The van der Waals surface area contributed by atoms with Gasteiger partial charge in [0.2, 0.25) is 0 Å². The molecule has 0 aliphatic carbocycles. The molecule has 0 spiro atoms. The highest BCUT2D eigenvalue weighted by Crippen LogP contribution is 2.09. The Morgan fingerprint density at radius 3 is 2.20 bits per heavy atom. The van der Waals surface area contributed by atoms with Gasteiger partial charge in [0.25, 0.3) is 0 Å². The lowest BCUT2D eigenvalue weighted by Crippen LogP contribution is -1.74. The zero-order valence-electron chi connectivity index (χ0n) is 5.00. The zero-order valence-corrected chi connectivity index (χ0v) is 6.58. The van der Waals surface area contributed by atoms with E-state index in [0.29, 0.717) is 9.92 Å². The molecule has 0 saturated carbocycles. The van der Waals surface area contributed by atoms with Crippen molar-refractivity contribution in [1.82, 2.24) is 0 Å². The highest BCUT2D eigenvalue weighted by atomic mass is 35.5. The number of benzene rings is 1. The van der Waals surface area contributed by atoms with Crippen molar-refractivity contribution in [2.75, 3.05) is 0 Å². The average molecular weight is 175 g/mol. The van der Waals surface area contributed by atoms with E-state index >= 15 is 0 Å². The Bertz CT molecular complexity index is 283. The van der Waals surface area contributed by atoms with E-state index in [4.69, 9.17) is 16.4 Å². The van der Waals surface area contributed by atoms with Crippen LogP contribution in [0, 0.1) is 4.78 Å². The van der Waals surface area contributed by atoms with Gasteiger partial charge in [-0.1, -0.05) is 28.6 Å². The molecule has 10 heavy (non-hydrogen) atoms. The Kier molecular flexibility index (Phi) is 2.29.